The second-order valence-electron chi connectivity index (χ2n) is 2.73. The number of nitrogens with zero attached hydrogens (tertiary/aromatic N) is 1. The van der Waals surface area contributed by atoms with Crippen LogP contribution in [0.3, 0.4) is 0 Å². The predicted octanol–water partition coefficient (Wildman–Crippen LogP) is 0.103. The number of nitrogens with one attached hydrogen (secondary N) is 1. The van der Waals surface area contributed by atoms with Crippen LogP contribution < -0.4 is 16.0 Å². The Hall–Kier alpha value is -2.22. The van der Waals surface area contributed by atoms with Crippen LogP contribution in [-0.4, -0.2) is 17.4 Å². The molecule has 0 unspecified atom stereocenters. The Labute approximate surface area is 89.1 Å². The van der Waals surface area contributed by atoms with Crippen LogP contribution in [0.1, 0.15) is 0 Å². The molecule has 1 amide bonds. The molecule has 86 valence electrons. The monoisotopic (exact) mass is 229 g/mol. The summed E-state index contributed by atoms with van der Waals surface area (Å²) in [6.07, 6.45) is 0. The fourth-order valence-electron chi connectivity index (χ4n) is 0.940. The standard InChI is InChI=1S/C8H8FN3O4/c9-5-1-2-7(6(3-5)12(14)15)16-4-8(13)11-10/h1-3H,4,10H2,(H,11,13). The smallest absolute Gasteiger partial charge is 0.313 e. The van der Waals surface area contributed by atoms with Crippen molar-refractivity contribution >= 4 is 11.6 Å². The first-order valence-electron chi connectivity index (χ1n) is 4.10. The van der Waals surface area contributed by atoms with Crippen LogP contribution in [0, 0.1) is 15.9 Å². The normalized spacial score (nSPS) is 9.62. The Morgan fingerprint density at radius 1 is 1.62 bits per heavy atom. The average molecular weight is 229 g/mol. The summed E-state index contributed by atoms with van der Waals surface area (Å²) in [5.74, 6) is 3.17. The van der Waals surface area contributed by atoms with E-state index in [1.165, 1.54) is 0 Å². The van der Waals surface area contributed by atoms with Crippen molar-refractivity contribution in [3.8, 4) is 5.75 Å². The highest BCUT2D eigenvalue weighted by Crippen LogP contribution is 2.27. The highest BCUT2D eigenvalue weighted by molar-refractivity contribution is 5.76. The summed E-state index contributed by atoms with van der Waals surface area (Å²) in [7, 11) is 0. The van der Waals surface area contributed by atoms with Crippen LogP contribution in [0.5, 0.6) is 5.75 Å². The average Bonchev–Trinajstić information content (AvgIpc) is 2.26. The van der Waals surface area contributed by atoms with E-state index in [1.54, 1.807) is 5.43 Å². The molecular weight excluding hydrogens is 221 g/mol. The van der Waals surface area contributed by atoms with E-state index in [0.717, 1.165) is 12.1 Å². The van der Waals surface area contributed by atoms with Gasteiger partial charge in [0, 0.05) is 0 Å². The first kappa shape index (κ1) is 11.9. The molecule has 0 saturated carbocycles. The summed E-state index contributed by atoms with van der Waals surface area (Å²) >= 11 is 0. The van der Waals surface area contributed by atoms with Crippen LogP contribution in [-0.2, 0) is 4.79 Å². The van der Waals surface area contributed by atoms with Crippen molar-refractivity contribution in [3.05, 3.63) is 34.1 Å². The summed E-state index contributed by atoms with van der Waals surface area (Å²) in [4.78, 5) is 20.4. The van der Waals surface area contributed by atoms with Crippen molar-refractivity contribution in [1.82, 2.24) is 5.43 Å². The number of nitro groups is 1. The Kier molecular flexibility index (Phi) is 3.72. The summed E-state index contributed by atoms with van der Waals surface area (Å²) in [5, 5.41) is 10.5. The minimum atomic E-state index is -0.807. The first-order valence-corrected chi connectivity index (χ1v) is 4.10. The maximum Gasteiger partial charge on any atom is 0.313 e. The second kappa shape index (κ2) is 5.03. The number of halogens is 1. The summed E-state index contributed by atoms with van der Waals surface area (Å²) in [6, 6.07) is 2.76. The highest BCUT2D eigenvalue weighted by atomic mass is 19.1. The van der Waals surface area contributed by atoms with Gasteiger partial charge in [0.25, 0.3) is 5.91 Å². The molecule has 0 spiro atoms. The van der Waals surface area contributed by atoms with Crippen molar-refractivity contribution in [3.63, 3.8) is 0 Å². The molecule has 1 aromatic rings. The van der Waals surface area contributed by atoms with Crippen molar-refractivity contribution in [1.29, 1.82) is 0 Å². The largest absolute Gasteiger partial charge is 0.477 e. The molecule has 0 aromatic heterocycles. The maximum atomic E-state index is 12.7. The van der Waals surface area contributed by atoms with Crippen LogP contribution in [0.15, 0.2) is 18.2 Å². The summed E-state index contributed by atoms with van der Waals surface area (Å²) < 4.78 is 17.5. The van der Waals surface area contributed by atoms with Gasteiger partial charge in [0.1, 0.15) is 5.82 Å². The zero-order valence-electron chi connectivity index (χ0n) is 7.97. The molecule has 0 aliphatic rings. The van der Waals surface area contributed by atoms with Crippen molar-refractivity contribution < 1.29 is 18.8 Å². The van der Waals surface area contributed by atoms with E-state index in [4.69, 9.17) is 10.6 Å². The number of rotatable bonds is 4. The van der Waals surface area contributed by atoms with E-state index in [-0.39, 0.29) is 5.75 Å². The Morgan fingerprint density at radius 3 is 2.88 bits per heavy atom. The fourth-order valence-corrected chi connectivity index (χ4v) is 0.940. The fraction of sp³-hybridized carbons (Fsp3) is 0.125. The number of nitro benzene ring substituents is 1. The topological polar surface area (TPSA) is 107 Å². The molecule has 0 atom stereocenters. The lowest BCUT2D eigenvalue weighted by Crippen LogP contribution is -2.34. The molecule has 16 heavy (non-hydrogen) atoms. The van der Waals surface area contributed by atoms with E-state index >= 15 is 0 Å². The number of hydrazine groups is 1. The number of carbonyl (C=O) groups is 1. The molecule has 0 fully saturated rings. The molecule has 0 radical (unpaired) electrons. The van der Waals surface area contributed by atoms with Gasteiger partial charge in [-0.05, 0) is 12.1 Å². The molecule has 0 saturated heterocycles. The number of nitrogens with two attached hydrogens (primary N) is 1. The van der Waals surface area contributed by atoms with Crippen LogP contribution in [0.2, 0.25) is 0 Å². The van der Waals surface area contributed by atoms with Crippen molar-refractivity contribution in [2.24, 2.45) is 5.84 Å². The second-order valence-corrected chi connectivity index (χ2v) is 2.73. The molecule has 8 heteroatoms. The molecule has 0 aliphatic carbocycles. The first-order chi connectivity index (χ1) is 7.54. The van der Waals surface area contributed by atoms with Gasteiger partial charge in [0.15, 0.2) is 12.4 Å². The third-order valence-electron chi connectivity index (χ3n) is 1.64. The predicted molar refractivity (Wildman–Crippen MR) is 50.9 cm³/mol. The summed E-state index contributed by atoms with van der Waals surface area (Å²) in [6.45, 7) is -0.483. The number of hydrogen-bond donors (Lipinski definition) is 2. The SMILES string of the molecule is NNC(=O)COc1ccc(F)cc1[N+](=O)[O-]. The number of benzene rings is 1. The third-order valence-corrected chi connectivity index (χ3v) is 1.64. The lowest BCUT2D eigenvalue weighted by molar-refractivity contribution is -0.386. The minimum absolute atomic E-state index is 0.199. The van der Waals surface area contributed by atoms with Gasteiger partial charge >= 0.3 is 5.69 Å². The van der Waals surface area contributed by atoms with E-state index in [9.17, 15) is 19.3 Å². The molecule has 1 rings (SSSR count). The zero-order valence-corrected chi connectivity index (χ0v) is 7.97. The van der Waals surface area contributed by atoms with Crippen LogP contribution in [0.25, 0.3) is 0 Å². The number of carbonyl (C=O) groups excluding carboxylic acids is 1. The quantitative estimate of drug-likeness (QED) is 0.329. The van der Waals surface area contributed by atoms with Gasteiger partial charge in [0.05, 0.1) is 11.0 Å². The van der Waals surface area contributed by atoms with Crippen LogP contribution in [0.4, 0.5) is 10.1 Å². The van der Waals surface area contributed by atoms with Gasteiger partial charge in [-0.3, -0.25) is 20.3 Å². The maximum absolute atomic E-state index is 12.7. The summed E-state index contributed by atoms with van der Waals surface area (Å²) in [5.41, 5.74) is 1.24. The van der Waals surface area contributed by atoms with Crippen LogP contribution >= 0.6 is 0 Å². The van der Waals surface area contributed by atoms with Crippen molar-refractivity contribution in [2.45, 2.75) is 0 Å². The zero-order chi connectivity index (χ0) is 12.1. The van der Waals surface area contributed by atoms with Gasteiger partial charge in [-0.2, -0.15) is 0 Å². The van der Waals surface area contributed by atoms with Crippen molar-refractivity contribution in [2.75, 3.05) is 6.61 Å². The Morgan fingerprint density at radius 2 is 2.31 bits per heavy atom. The van der Waals surface area contributed by atoms with E-state index in [1.807, 2.05) is 0 Å². The highest BCUT2D eigenvalue weighted by Gasteiger charge is 2.16. The lowest BCUT2D eigenvalue weighted by atomic mass is 10.3. The third kappa shape index (κ3) is 2.89. The molecular formula is C8H8FN3O4. The number of ether oxygens (including phenoxy) is 1. The Bertz CT molecular complexity index is 424. The molecule has 0 bridgehead atoms. The van der Waals surface area contributed by atoms with Gasteiger partial charge in [-0.25, -0.2) is 10.2 Å². The lowest BCUT2D eigenvalue weighted by Gasteiger charge is -2.05. The molecule has 0 heterocycles. The van der Waals surface area contributed by atoms with Gasteiger partial charge in [-0.1, -0.05) is 0 Å². The van der Waals surface area contributed by atoms with Gasteiger partial charge < -0.3 is 4.74 Å². The number of hydrogen-bond acceptors (Lipinski definition) is 5. The molecule has 0 aliphatic heterocycles. The Balaban J connectivity index is 2.87. The van der Waals surface area contributed by atoms with Gasteiger partial charge in [-0.15, -0.1) is 0 Å². The minimum Gasteiger partial charge on any atom is -0.477 e. The van der Waals surface area contributed by atoms with E-state index in [2.05, 4.69) is 0 Å². The van der Waals surface area contributed by atoms with E-state index in [0.29, 0.717) is 6.07 Å². The molecule has 7 nitrogen and oxygen atoms in total. The molecule has 1 aromatic carbocycles. The number of amides is 1. The molecule has 3 N–H and O–H groups in total. The van der Waals surface area contributed by atoms with E-state index < -0.39 is 28.9 Å². The van der Waals surface area contributed by atoms with Gasteiger partial charge in [0.2, 0.25) is 0 Å².